The van der Waals surface area contributed by atoms with Gasteiger partial charge in [-0.3, -0.25) is 4.79 Å². The Morgan fingerprint density at radius 2 is 1.94 bits per heavy atom. The predicted molar refractivity (Wildman–Crippen MR) is 69.9 cm³/mol. The molecule has 1 aromatic carbocycles. The first-order chi connectivity index (χ1) is 8.67. The number of unbranched alkanes of at least 4 members (excludes halogenated alkanes) is 1. The Hall–Kier alpha value is -1.38. The molecule has 0 heterocycles. The lowest BCUT2D eigenvalue weighted by atomic mass is 9.93. The molecule has 0 aliphatic heterocycles. The first-order valence-corrected chi connectivity index (χ1v) is 6.58. The van der Waals surface area contributed by atoms with Gasteiger partial charge in [0.05, 0.1) is 13.0 Å². The Balaban J connectivity index is 2.51. The second-order valence-electron chi connectivity index (χ2n) is 4.43. The zero-order valence-corrected chi connectivity index (χ0v) is 11.1. The van der Waals surface area contributed by atoms with Crippen molar-refractivity contribution in [2.75, 3.05) is 6.61 Å². The van der Waals surface area contributed by atoms with E-state index in [1.807, 2.05) is 6.92 Å². The molecule has 0 fully saturated rings. The Morgan fingerprint density at radius 1 is 1.28 bits per heavy atom. The lowest BCUT2D eigenvalue weighted by molar-refractivity contribution is -0.144. The fraction of sp³-hybridized carbons (Fsp3) is 0.533. The van der Waals surface area contributed by atoms with Crippen molar-refractivity contribution >= 4 is 5.97 Å². The van der Waals surface area contributed by atoms with Crippen LogP contribution in [0.5, 0.6) is 0 Å². The normalized spacial score (nSPS) is 12.2. The van der Waals surface area contributed by atoms with E-state index >= 15 is 0 Å². The summed E-state index contributed by atoms with van der Waals surface area (Å²) in [4.78, 5) is 11.6. The SMILES string of the molecule is CCCCOC(=O)CC(CC)c1ccc(F)cc1. The van der Waals surface area contributed by atoms with Gasteiger partial charge in [-0.15, -0.1) is 0 Å². The number of carbonyl (C=O) groups excluding carboxylic acids is 1. The maximum Gasteiger partial charge on any atom is 0.306 e. The molecule has 0 amide bonds. The maximum absolute atomic E-state index is 12.8. The van der Waals surface area contributed by atoms with Gasteiger partial charge in [-0.25, -0.2) is 4.39 Å². The summed E-state index contributed by atoms with van der Waals surface area (Å²) < 4.78 is 18.0. The Labute approximate surface area is 108 Å². The molecule has 0 aromatic heterocycles. The van der Waals surface area contributed by atoms with E-state index < -0.39 is 0 Å². The van der Waals surface area contributed by atoms with Crippen LogP contribution in [0.4, 0.5) is 4.39 Å². The van der Waals surface area contributed by atoms with E-state index in [1.165, 1.54) is 12.1 Å². The number of hydrogen-bond donors (Lipinski definition) is 0. The molecule has 0 bridgehead atoms. The Morgan fingerprint density at radius 3 is 2.50 bits per heavy atom. The highest BCUT2D eigenvalue weighted by Gasteiger charge is 2.15. The smallest absolute Gasteiger partial charge is 0.306 e. The minimum absolute atomic E-state index is 0.111. The topological polar surface area (TPSA) is 26.3 Å². The van der Waals surface area contributed by atoms with Crippen LogP contribution in [-0.4, -0.2) is 12.6 Å². The maximum atomic E-state index is 12.8. The highest BCUT2D eigenvalue weighted by atomic mass is 19.1. The molecule has 18 heavy (non-hydrogen) atoms. The largest absolute Gasteiger partial charge is 0.466 e. The number of rotatable bonds is 7. The average molecular weight is 252 g/mol. The summed E-state index contributed by atoms with van der Waals surface area (Å²) in [6.45, 7) is 4.57. The molecule has 0 spiro atoms. The standard InChI is InChI=1S/C15H21FO2/c1-3-5-10-18-15(17)11-12(4-2)13-6-8-14(16)9-7-13/h6-9,12H,3-5,10-11H2,1-2H3. The number of carbonyl (C=O) groups is 1. The zero-order valence-electron chi connectivity index (χ0n) is 11.1. The van der Waals surface area contributed by atoms with Gasteiger partial charge >= 0.3 is 5.97 Å². The molecule has 1 unspecified atom stereocenters. The van der Waals surface area contributed by atoms with Crippen LogP contribution in [0.15, 0.2) is 24.3 Å². The summed E-state index contributed by atoms with van der Waals surface area (Å²) in [5.74, 6) is -0.307. The van der Waals surface area contributed by atoms with E-state index in [4.69, 9.17) is 4.74 Å². The van der Waals surface area contributed by atoms with Gasteiger partial charge in [0.25, 0.3) is 0 Å². The Kier molecular flexibility index (Phi) is 6.40. The van der Waals surface area contributed by atoms with Gasteiger partial charge in [-0.05, 0) is 36.5 Å². The van der Waals surface area contributed by atoms with Crippen molar-refractivity contribution in [3.05, 3.63) is 35.6 Å². The van der Waals surface area contributed by atoms with Crippen molar-refractivity contribution in [3.8, 4) is 0 Å². The van der Waals surface area contributed by atoms with Gasteiger partial charge in [-0.1, -0.05) is 32.4 Å². The summed E-state index contributed by atoms with van der Waals surface area (Å²) in [7, 11) is 0. The fourth-order valence-electron chi connectivity index (χ4n) is 1.82. The third-order valence-electron chi connectivity index (χ3n) is 3.01. The van der Waals surface area contributed by atoms with E-state index in [2.05, 4.69) is 6.92 Å². The van der Waals surface area contributed by atoms with Gasteiger partial charge in [0, 0.05) is 0 Å². The summed E-state index contributed by atoms with van der Waals surface area (Å²) in [5, 5.41) is 0. The second-order valence-corrected chi connectivity index (χ2v) is 4.43. The van der Waals surface area contributed by atoms with Crippen LogP contribution in [0.2, 0.25) is 0 Å². The molecule has 0 radical (unpaired) electrons. The van der Waals surface area contributed by atoms with Crippen LogP contribution in [0.1, 0.15) is 51.0 Å². The van der Waals surface area contributed by atoms with Crippen LogP contribution >= 0.6 is 0 Å². The second kappa shape index (κ2) is 7.85. The van der Waals surface area contributed by atoms with Gasteiger partial charge < -0.3 is 4.74 Å². The van der Waals surface area contributed by atoms with Gasteiger partial charge in [0.2, 0.25) is 0 Å². The molecule has 2 nitrogen and oxygen atoms in total. The van der Waals surface area contributed by atoms with Crippen LogP contribution in [0.25, 0.3) is 0 Å². The van der Waals surface area contributed by atoms with Crippen LogP contribution in [-0.2, 0) is 9.53 Å². The fourth-order valence-corrected chi connectivity index (χ4v) is 1.82. The third kappa shape index (κ3) is 4.86. The lowest BCUT2D eigenvalue weighted by Crippen LogP contribution is -2.11. The van der Waals surface area contributed by atoms with E-state index in [0.29, 0.717) is 13.0 Å². The summed E-state index contributed by atoms with van der Waals surface area (Å²) >= 11 is 0. The van der Waals surface area contributed by atoms with Gasteiger partial charge in [0.15, 0.2) is 0 Å². The molecule has 1 rings (SSSR count). The van der Waals surface area contributed by atoms with Crippen LogP contribution in [0.3, 0.4) is 0 Å². The quantitative estimate of drug-likeness (QED) is 0.540. The number of esters is 1. The molecule has 0 aliphatic rings. The summed E-state index contributed by atoms with van der Waals surface area (Å²) in [5.41, 5.74) is 0.992. The molecule has 100 valence electrons. The molecule has 3 heteroatoms. The van der Waals surface area contributed by atoms with Crippen molar-refractivity contribution in [2.45, 2.75) is 45.4 Å². The van der Waals surface area contributed by atoms with Gasteiger partial charge in [-0.2, -0.15) is 0 Å². The highest BCUT2D eigenvalue weighted by Crippen LogP contribution is 2.23. The minimum atomic E-state index is -0.251. The van der Waals surface area contributed by atoms with Crippen molar-refractivity contribution < 1.29 is 13.9 Å². The zero-order chi connectivity index (χ0) is 13.4. The molecule has 1 atom stereocenters. The van der Waals surface area contributed by atoms with Crippen LogP contribution < -0.4 is 0 Å². The molecule has 1 aromatic rings. The van der Waals surface area contributed by atoms with E-state index in [1.54, 1.807) is 12.1 Å². The number of halogens is 1. The monoisotopic (exact) mass is 252 g/mol. The lowest BCUT2D eigenvalue weighted by Gasteiger charge is -2.14. The first kappa shape index (κ1) is 14.7. The summed E-state index contributed by atoms with van der Waals surface area (Å²) in [6, 6.07) is 6.34. The third-order valence-corrected chi connectivity index (χ3v) is 3.01. The molecular weight excluding hydrogens is 231 g/mol. The molecule has 0 aliphatic carbocycles. The minimum Gasteiger partial charge on any atom is -0.466 e. The average Bonchev–Trinajstić information content (AvgIpc) is 2.37. The van der Waals surface area contributed by atoms with Crippen molar-refractivity contribution in [2.24, 2.45) is 0 Å². The van der Waals surface area contributed by atoms with Crippen LogP contribution in [0, 0.1) is 5.82 Å². The highest BCUT2D eigenvalue weighted by molar-refractivity contribution is 5.70. The molecule has 0 saturated carbocycles. The van der Waals surface area contributed by atoms with E-state index in [0.717, 1.165) is 24.8 Å². The molecule has 0 saturated heterocycles. The van der Waals surface area contributed by atoms with Crippen molar-refractivity contribution in [1.82, 2.24) is 0 Å². The predicted octanol–water partition coefficient (Wildman–Crippen LogP) is 4.05. The van der Waals surface area contributed by atoms with Crippen molar-refractivity contribution in [1.29, 1.82) is 0 Å². The first-order valence-electron chi connectivity index (χ1n) is 6.58. The van der Waals surface area contributed by atoms with Crippen molar-refractivity contribution in [3.63, 3.8) is 0 Å². The van der Waals surface area contributed by atoms with E-state index in [9.17, 15) is 9.18 Å². The Bertz CT molecular complexity index is 359. The van der Waals surface area contributed by atoms with E-state index in [-0.39, 0.29) is 17.7 Å². The molecule has 0 N–H and O–H groups in total. The number of ether oxygens (including phenoxy) is 1. The molecular formula is C15H21FO2. The number of hydrogen-bond acceptors (Lipinski definition) is 2. The van der Waals surface area contributed by atoms with Gasteiger partial charge in [0.1, 0.15) is 5.82 Å². The summed E-state index contributed by atoms with van der Waals surface area (Å²) in [6.07, 6.45) is 3.13. The number of benzene rings is 1.